The van der Waals surface area contributed by atoms with Crippen LogP contribution in [-0.4, -0.2) is 61.7 Å². The van der Waals surface area contributed by atoms with Crippen LogP contribution in [-0.2, 0) is 25.4 Å². The summed E-state index contributed by atoms with van der Waals surface area (Å²) in [7, 11) is -3.39. The molecule has 1 atom stereocenters. The van der Waals surface area contributed by atoms with Crippen LogP contribution in [0.1, 0.15) is 18.4 Å². The molecule has 0 aliphatic carbocycles. The van der Waals surface area contributed by atoms with Gasteiger partial charge in [0.1, 0.15) is 6.04 Å². The lowest BCUT2D eigenvalue weighted by atomic mass is 10.2. The molecule has 2 aliphatic heterocycles. The first-order valence-corrected chi connectivity index (χ1v) is 9.66. The summed E-state index contributed by atoms with van der Waals surface area (Å²) in [6, 6.07) is 8.61. The summed E-state index contributed by atoms with van der Waals surface area (Å²) in [4.78, 5) is 25.2. The smallest absolute Gasteiger partial charge is 0.245 e. The molecule has 2 saturated heterocycles. The molecule has 2 heterocycles. The largest absolute Gasteiger partial charge is 0.344 e. The van der Waals surface area contributed by atoms with E-state index in [1.165, 1.54) is 4.31 Å². The Morgan fingerprint density at radius 2 is 1.79 bits per heavy atom. The van der Waals surface area contributed by atoms with Gasteiger partial charge >= 0.3 is 0 Å². The fourth-order valence-electron chi connectivity index (χ4n) is 3.08. The molecule has 2 fully saturated rings. The maximum atomic E-state index is 12.5. The summed E-state index contributed by atoms with van der Waals surface area (Å²) in [6.07, 6.45) is 0.895. The highest BCUT2D eigenvalue weighted by Crippen LogP contribution is 2.16. The van der Waals surface area contributed by atoms with Crippen molar-refractivity contribution < 1.29 is 18.0 Å². The normalized spacial score (nSPS) is 22.4. The van der Waals surface area contributed by atoms with Gasteiger partial charge in [-0.05, 0) is 12.0 Å². The summed E-state index contributed by atoms with van der Waals surface area (Å²) in [5.41, 5.74) is 0.754. The molecule has 24 heavy (non-hydrogen) atoms. The highest BCUT2D eigenvalue weighted by Gasteiger charge is 2.34. The van der Waals surface area contributed by atoms with Crippen molar-refractivity contribution in [1.82, 2.24) is 14.5 Å². The van der Waals surface area contributed by atoms with Crippen LogP contribution in [0.4, 0.5) is 0 Å². The van der Waals surface area contributed by atoms with Crippen molar-refractivity contribution in [3.8, 4) is 0 Å². The van der Waals surface area contributed by atoms with Crippen LogP contribution in [0.5, 0.6) is 0 Å². The van der Waals surface area contributed by atoms with Crippen LogP contribution in [0.25, 0.3) is 0 Å². The Labute approximate surface area is 141 Å². The minimum atomic E-state index is -3.39. The molecule has 1 N–H and O–H groups in total. The fourth-order valence-corrected chi connectivity index (χ4v) is 4.60. The van der Waals surface area contributed by atoms with E-state index in [1.807, 2.05) is 18.2 Å². The number of piperazine rings is 1. The summed E-state index contributed by atoms with van der Waals surface area (Å²) in [5.74, 6) is -0.237. The molecule has 1 aromatic carbocycles. The number of nitrogens with zero attached hydrogens (tertiary/aromatic N) is 2. The first kappa shape index (κ1) is 16.9. The van der Waals surface area contributed by atoms with Crippen LogP contribution in [0.15, 0.2) is 30.3 Å². The summed E-state index contributed by atoms with van der Waals surface area (Å²) < 4.78 is 26.4. The highest BCUT2D eigenvalue weighted by molar-refractivity contribution is 7.88. The Morgan fingerprint density at radius 3 is 2.38 bits per heavy atom. The van der Waals surface area contributed by atoms with Crippen molar-refractivity contribution in [3.05, 3.63) is 35.9 Å². The second-order valence-electron chi connectivity index (χ2n) is 6.12. The second-order valence-corrected chi connectivity index (χ2v) is 8.09. The van der Waals surface area contributed by atoms with E-state index in [1.54, 1.807) is 17.0 Å². The Bertz CT molecular complexity index is 712. The predicted octanol–water partition coefficient (Wildman–Crippen LogP) is -0.0608. The van der Waals surface area contributed by atoms with Crippen molar-refractivity contribution in [2.45, 2.75) is 24.6 Å². The van der Waals surface area contributed by atoms with Crippen molar-refractivity contribution in [2.24, 2.45) is 0 Å². The van der Waals surface area contributed by atoms with Gasteiger partial charge in [-0.15, -0.1) is 0 Å². The zero-order valence-corrected chi connectivity index (χ0v) is 14.2. The highest BCUT2D eigenvalue weighted by atomic mass is 32.2. The van der Waals surface area contributed by atoms with Gasteiger partial charge in [0.15, 0.2) is 0 Å². The average molecular weight is 351 g/mol. The second kappa shape index (κ2) is 6.90. The van der Waals surface area contributed by atoms with E-state index in [0.717, 1.165) is 5.56 Å². The molecule has 130 valence electrons. The zero-order chi connectivity index (χ0) is 17.2. The monoisotopic (exact) mass is 351 g/mol. The lowest BCUT2D eigenvalue weighted by Crippen LogP contribution is -2.54. The average Bonchev–Trinajstić information content (AvgIpc) is 3.01. The molecule has 2 aliphatic rings. The van der Waals surface area contributed by atoms with Crippen LogP contribution in [0, 0.1) is 0 Å². The van der Waals surface area contributed by atoms with Crippen molar-refractivity contribution >= 4 is 21.8 Å². The molecular formula is C16H21N3O4S. The maximum absolute atomic E-state index is 12.5. The molecule has 0 aromatic heterocycles. The third-order valence-corrected chi connectivity index (χ3v) is 6.28. The quantitative estimate of drug-likeness (QED) is 0.823. The van der Waals surface area contributed by atoms with Gasteiger partial charge in [0.05, 0.1) is 5.75 Å². The van der Waals surface area contributed by atoms with E-state index < -0.39 is 16.1 Å². The van der Waals surface area contributed by atoms with Crippen LogP contribution >= 0.6 is 0 Å². The minimum absolute atomic E-state index is 0.0273. The number of sulfonamides is 1. The van der Waals surface area contributed by atoms with Gasteiger partial charge in [0, 0.05) is 32.6 Å². The lowest BCUT2D eigenvalue weighted by molar-refractivity contribution is -0.135. The molecule has 8 heteroatoms. The number of rotatable bonds is 4. The number of carbonyl (C=O) groups excluding carboxylic acids is 2. The van der Waals surface area contributed by atoms with E-state index in [2.05, 4.69) is 5.32 Å². The predicted molar refractivity (Wildman–Crippen MR) is 88.4 cm³/mol. The standard InChI is InChI=1S/C16H21N3O4S/c20-15-7-6-14(17-15)16(21)18-8-10-19(11-9-18)24(22,23)12-13-4-2-1-3-5-13/h1-5,14H,6-12H2,(H,17,20). The van der Waals surface area contributed by atoms with Gasteiger partial charge in [0.25, 0.3) is 0 Å². The molecule has 0 saturated carbocycles. The first-order valence-electron chi connectivity index (χ1n) is 8.05. The van der Waals surface area contributed by atoms with Gasteiger partial charge in [-0.1, -0.05) is 30.3 Å². The van der Waals surface area contributed by atoms with Crippen molar-refractivity contribution in [3.63, 3.8) is 0 Å². The Balaban J connectivity index is 1.56. The molecule has 0 spiro atoms. The number of benzene rings is 1. The Morgan fingerprint density at radius 1 is 1.12 bits per heavy atom. The van der Waals surface area contributed by atoms with Crippen molar-refractivity contribution in [2.75, 3.05) is 26.2 Å². The van der Waals surface area contributed by atoms with E-state index >= 15 is 0 Å². The summed E-state index contributed by atoms with van der Waals surface area (Å²) in [6.45, 7) is 1.31. The van der Waals surface area contributed by atoms with E-state index in [0.29, 0.717) is 39.0 Å². The number of nitrogens with one attached hydrogen (secondary N) is 1. The van der Waals surface area contributed by atoms with E-state index in [-0.39, 0.29) is 17.6 Å². The van der Waals surface area contributed by atoms with Crippen molar-refractivity contribution in [1.29, 1.82) is 0 Å². The van der Waals surface area contributed by atoms with E-state index in [4.69, 9.17) is 0 Å². The molecule has 1 unspecified atom stereocenters. The zero-order valence-electron chi connectivity index (χ0n) is 13.3. The third kappa shape index (κ3) is 3.76. The minimum Gasteiger partial charge on any atom is -0.344 e. The molecule has 7 nitrogen and oxygen atoms in total. The molecule has 1 aromatic rings. The van der Waals surface area contributed by atoms with Gasteiger partial charge in [-0.2, -0.15) is 4.31 Å². The Kier molecular flexibility index (Phi) is 4.86. The van der Waals surface area contributed by atoms with Gasteiger partial charge < -0.3 is 10.2 Å². The summed E-state index contributed by atoms with van der Waals surface area (Å²) >= 11 is 0. The molecular weight excluding hydrogens is 330 g/mol. The molecule has 2 amide bonds. The van der Waals surface area contributed by atoms with Gasteiger partial charge in [-0.3, -0.25) is 9.59 Å². The summed E-state index contributed by atoms with van der Waals surface area (Å²) in [5, 5.41) is 2.66. The Hall–Kier alpha value is -1.93. The van der Waals surface area contributed by atoms with Crippen LogP contribution in [0.3, 0.4) is 0 Å². The van der Waals surface area contributed by atoms with Crippen LogP contribution in [0.2, 0.25) is 0 Å². The lowest BCUT2D eigenvalue weighted by Gasteiger charge is -2.35. The van der Waals surface area contributed by atoms with Gasteiger partial charge in [-0.25, -0.2) is 8.42 Å². The fraction of sp³-hybridized carbons (Fsp3) is 0.500. The number of carbonyl (C=O) groups is 2. The first-order chi connectivity index (χ1) is 11.5. The molecule has 0 bridgehead atoms. The van der Waals surface area contributed by atoms with E-state index in [9.17, 15) is 18.0 Å². The third-order valence-electron chi connectivity index (χ3n) is 4.43. The number of hydrogen-bond acceptors (Lipinski definition) is 4. The molecule has 3 rings (SSSR count). The number of amides is 2. The SMILES string of the molecule is O=C1CCC(C(=O)N2CCN(S(=O)(=O)Cc3ccccc3)CC2)N1. The topological polar surface area (TPSA) is 86.8 Å². The molecule has 0 radical (unpaired) electrons. The maximum Gasteiger partial charge on any atom is 0.245 e. The van der Waals surface area contributed by atoms with Gasteiger partial charge in [0.2, 0.25) is 21.8 Å². The van der Waals surface area contributed by atoms with Crippen LogP contribution < -0.4 is 5.32 Å². The number of hydrogen-bond donors (Lipinski definition) is 1.